The van der Waals surface area contributed by atoms with Crippen molar-refractivity contribution in [3.05, 3.63) is 0 Å². The van der Waals surface area contributed by atoms with Gasteiger partial charge in [-0.05, 0) is 39.7 Å². The normalized spacial score (nSPS) is 17.9. The van der Waals surface area contributed by atoms with Crippen molar-refractivity contribution >= 4 is 6.09 Å². The van der Waals surface area contributed by atoms with Crippen molar-refractivity contribution in [3.8, 4) is 0 Å². The number of nitrogens with zero attached hydrogens (tertiary/aromatic N) is 1. The van der Waals surface area contributed by atoms with Gasteiger partial charge in [0.2, 0.25) is 0 Å². The molecule has 0 aliphatic carbocycles. The standard InChI is InChI=1S/C10H20N2O2/c1-10(2,3)14-9(13)12-6-8(7-12)4-5-11/h8H,4-7,11H2,1-3H3. The highest BCUT2D eigenvalue weighted by molar-refractivity contribution is 5.69. The van der Waals surface area contributed by atoms with E-state index in [2.05, 4.69) is 0 Å². The van der Waals surface area contributed by atoms with Crippen LogP contribution in [0.2, 0.25) is 0 Å². The molecule has 14 heavy (non-hydrogen) atoms. The van der Waals surface area contributed by atoms with Crippen LogP contribution in [0.3, 0.4) is 0 Å². The minimum absolute atomic E-state index is 0.203. The molecule has 0 spiro atoms. The largest absolute Gasteiger partial charge is 0.444 e. The number of rotatable bonds is 2. The van der Waals surface area contributed by atoms with Gasteiger partial charge in [0.15, 0.2) is 0 Å². The Balaban J connectivity index is 2.23. The molecule has 2 N–H and O–H groups in total. The molecule has 1 rings (SSSR count). The van der Waals surface area contributed by atoms with Crippen molar-refractivity contribution in [1.29, 1.82) is 0 Å². The lowest BCUT2D eigenvalue weighted by Gasteiger charge is -2.39. The van der Waals surface area contributed by atoms with Gasteiger partial charge in [0.25, 0.3) is 0 Å². The van der Waals surface area contributed by atoms with Gasteiger partial charge in [-0.1, -0.05) is 0 Å². The van der Waals surface area contributed by atoms with E-state index in [4.69, 9.17) is 10.5 Å². The predicted molar refractivity (Wildman–Crippen MR) is 55.0 cm³/mol. The van der Waals surface area contributed by atoms with E-state index in [9.17, 15) is 4.79 Å². The first kappa shape index (κ1) is 11.3. The number of carbonyl (C=O) groups is 1. The maximum Gasteiger partial charge on any atom is 0.410 e. The summed E-state index contributed by atoms with van der Waals surface area (Å²) in [5, 5.41) is 0. The molecule has 0 saturated carbocycles. The Hall–Kier alpha value is -0.770. The van der Waals surface area contributed by atoms with Crippen LogP contribution in [-0.4, -0.2) is 36.2 Å². The van der Waals surface area contributed by atoms with Crippen LogP contribution in [0, 0.1) is 5.92 Å². The van der Waals surface area contributed by atoms with Gasteiger partial charge in [0.1, 0.15) is 5.60 Å². The summed E-state index contributed by atoms with van der Waals surface area (Å²) >= 11 is 0. The molecule has 1 aliphatic rings. The van der Waals surface area contributed by atoms with Crippen molar-refractivity contribution < 1.29 is 9.53 Å². The second-order valence-corrected chi connectivity index (χ2v) is 4.83. The average molecular weight is 200 g/mol. The summed E-state index contributed by atoms with van der Waals surface area (Å²) in [4.78, 5) is 13.2. The van der Waals surface area contributed by atoms with E-state index < -0.39 is 5.60 Å². The molecule has 0 bridgehead atoms. The van der Waals surface area contributed by atoms with Gasteiger partial charge in [-0.25, -0.2) is 4.79 Å². The maximum absolute atomic E-state index is 11.5. The third kappa shape index (κ3) is 3.18. The minimum atomic E-state index is -0.393. The number of nitrogens with two attached hydrogens (primary N) is 1. The lowest BCUT2D eigenvalue weighted by molar-refractivity contribution is -0.00174. The summed E-state index contributed by atoms with van der Waals surface area (Å²) in [6, 6.07) is 0. The van der Waals surface area contributed by atoms with Crippen molar-refractivity contribution in [1.82, 2.24) is 4.90 Å². The molecule has 0 aromatic rings. The minimum Gasteiger partial charge on any atom is -0.444 e. The number of hydrogen-bond acceptors (Lipinski definition) is 3. The second-order valence-electron chi connectivity index (χ2n) is 4.83. The lowest BCUT2D eigenvalue weighted by atomic mass is 9.97. The summed E-state index contributed by atoms with van der Waals surface area (Å²) in [6.07, 6.45) is 0.796. The maximum atomic E-state index is 11.5. The first-order chi connectivity index (χ1) is 6.42. The second kappa shape index (κ2) is 4.17. The highest BCUT2D eigenvalue weighted by Gasteiger charge is 2.32. The lowest BCUT2D eigenvalue weighted by Crippen LogP contribution is -2.52. The van der Waals surface area contributed by atoms with Gasteiger partial charge < -0.3 is 15.4 Å². The third-order valence-corrected chi connectivity index (χ3v) is 2.18. The summed E-state index contributed by atoms with van der Waals surface area (Å²) < 4.78 is 5.22. The number of carbonyl (C=O) groups excluding carboxylic acids is 1. The van der Waals surface area contributed by atoms with Crippen LogP contribution in [0.1, 0.15) is 27.2 Å². The Bertz CT molecular complexity index is 205. The average Bonchev–Trinajstić information content (AvgIpc) is 1.91. The molecule has 4 nitrogen and oxygen atoms in total. The van der Waals surface area contributed by atoms with E-state index in [1.165, 1.54) is 0 Å². The molecule has 1 heterocycles. The highest BCUT2D eigenvalue weighted by Crippen LogP contribution is 2.21. The van der Waals surface area contributed by atoms with Crippen LogP contribution in [0.5, 0.6) is 0 Å². The van der Waals surface area contributed by atoms with E-state index in [0.717, 1.165) is 19.5 Å². The fourth-order valence-electron chi connectivity index (χ4n) is 1.46. The Kier molecular flexibility index (Phi) is 3.37. The van der Waals surface area contributed by atoms with E-state index in [0.29, 0.717) is 12.5 Å². The van der Waals surface area contributed by atoms with E-state index in [-0.39, 0.29) is 6.09 Å². The molecule has 0 unspecified atom stereocenters. The Labute approximate surface area is 85.4 Å². The van der Waals surface area contributed by atoms with Gasteiger partial charge in [-0.3, -0.25) is 0 Å². The molecule has 1 saturated heterocycles. The molecule has 0 aromatic heterocycles. The summed E-state index contributed by atoms with van der Waals surface area (Å²) in [5.41, 5.74) is 5.03. The van der Waals surface area contributed by atoms with E-state index in [1.807, 2.05) is 20.8 Å². The fraction of sp³-hybridized carbons (Fsp3) is 0.900. The van der Waals surface area contributed by atoms with Crippen LogP contribution in [-0.2, 0) is 4.74 Å². The highest BCUT2D eigenvalue weighted by atomic mass is 16.6. The number of likely N-dealkylation sites (tertiary alicyclic amines) is 1. The number of ether oxygens (including phenoxy) is 1. The quantitative estimate of drug-likeness (QED) is 0.728. The molecule has 1 amide bonds. The van der Waals surface area contributed by atoms with Crippen LogP contribution in [0.4, 0.5) is 4.79 Å². The van der Waals surface area contributed by atoms with Gasteiger partial charge in [-0.2, -0.15) is 0 Å². The molecular formula is C10H20N2O2. The first-order valence-electron chi connectivity index (χ1n) is 5.10. The molecule has 0 radical (unpaired) electrons. The SMILES string of the molecule is CC(C)(C)OC(=O)N1CC(CCN)C1. The third-order valence-electron chi connectivity index (χ3n) is 2.18. The molecule has 0 atom stereocenters. The van der Waals surface area contributed by atoms with Gasteiger partial charge in [0.05, 0.1) is 0 Å². The van der Waals surface area contributed by atoms with Gasteiger partial charge in [-0.15, -0.1) is 0 Å². The Morgan fingerprint density at radius 3 is 2.50 bits per heavy atom. The summed E-state index contributed by atoms with van der Waals surface area (Å²) in [6.45, 7) is 7.93. The monoisotopic (exact) mass is 200 g/mol. The van der Waals surface area contributed by atoms with Crippen molar-refractivity contribution in [2.45, 2.75) is 32.8 Å². The topological polar surface area (TPSA) is 55.6 Å². The molecule has 1 aliphatic heterocycles. The predicted octanol–water partition coefficient (Wildman–Crippen LogP) is 1.20. The van der Waals surface area contributed by atoms with Crippen molar-refractivity contribution in [3.63, 3.8) is 0 Å². The van der Waals surface area contributed by atoms with Crippen LogP contribution < -0.4 is 5.73 Å². The zero-order valence-corrected chi connectivity index (χ0v) is 9.25. The number of hydrogen-bond donors (Lipinski definition) is 1. The first-order valence-corrected chi connectivity index (χ1v) is 5.10. The summed E-state index contributed by atoms with van der Waals surface area (Å²) in [5.74, 6) is 0.576. The van der Waals surface area contributed by atoms with Gasteiger partial charge in [0, 0.05) is 13.1 Å². The molecular weight excluding hydrogens is 180 g/mol. The van der Waals surface area contributed by atoms with Crippen molar-refractivity contribution in [2.24, 2.45) is 11.7 Å². The molecule has 0 aromatic carbocycles. The van der Waals surface area contributed by atoms with Gasteiger partial charge >= 0.3 is 6.09 Å². The van der Waals surface area contributed by atoms with Crippen LogP contribution in [0.15, 0.2) is 0 Å². The Morgan fingerprint density at radius 1 is 1.50 bits per heavy atom. The fourth-order valence-corrected chi connectivity index (χ4v) is 1.46. The summed E-state index contributed by atoms with van der Waals surface area (Å²) in [7, 11) is 0. The molecule has 82 valence electrons. The molecule has 4 heteroatoms. The van der Waals surface area contributed by atoms with Crippen molar-refractivity contribution in [2.75, 3.05) is 19.6 Å². The van der Waals surface area contributed by atoms with E-state index in [1.54, 1.807) is 4.90 Å². The zero-order valence-electron chi connectivity index (χ0n) is 9.25. The Morgan fingerprint density at radius 2 is 2.07 bits per heavy atom. The van der Waals surface area contributed by atoms with Crippen LogP contribution >= 0.6 is 0 Å². The van der Waals surface area contributed by atoms with E-state index >= 15 is 0 Å². The zero-order chi connectivity index (χ0) is 10.8. The smallest absolute Gasteiger partial charge is 0.410 e. The van der Waals surface area contributed by atoms with Crippen LogP contribution in [0.25, 0.3) is 0 Å². The number of amides is 1. The molecule has 1 fully saturated rings.